The highest BCUT2D eigenvalue weighted by Gasteiger charge is 2.14. The first-order valence-electron chi connectivity index (χ1n) is 21.7. The van der Waals surface area contributed by atoms with E-state index < -0.39 is 5.97 Å². The Hall–Kier alpha value is -1.59. The van der Waals surface area contributed by atoms with Crippen molar-refractivity contribution in [3.05, 3.63) is 0 Å². The lowest BCUT2D eigenvalue weighted by Gasteiger charge is -2.18. The molecule has 1 atom stereocenters. The van der Waals surface area contributed by atoms with Crippen molar-refractivity contribution in [1.29, 1.82) is 0 Å². The molecule has 0 aromatic heterocycles. The molecule has 2 N–H and O–H groups in total. The summed E-state index contributed by atoms with van der Waals surface area (Å²) in [4.78, 5) is 34.9. The molecule has 0 heterocycles. The number of unbranched alkanes of at least 4 members (excludes halogenated alkanes) is 29. The van der Waals surface area contributed by atoms with E-state index in [0.29, 0.717) is 12.8 Å². The van der Waals surface area contributed by atoms with E-state index in [0.717, 1.165) is 57.8 Å². The summed E-state index contributed by atoms with van der Waals surface area (Å²) in [5, 5.41) is 11.1. The van der Waals surface area contributed by atoms with Crippen molar-refractivity contribution in [2.75, 3.05) is 6.54 Å². The van der Waals surface area contributed by atoms with E-state index in [4.69, 9.17) is 9.84 Å². The Morgan fingerprint density at radius 3 is 1.10 bits per heavy atom. The Balaban J connectivity index is 3.78. The molecule has 1 unspecified atom stereocenters. The number of carboxylic acid groups (broad SMARTS) is 1. The molecule has 0 aromatic carbocycles. The molecular formula is C43H83NO5. The lowest BCUT2D eigenvalue weighted by atomic mass is 10.0. The predicted octanol–water partition coefficient (Wildman–Crippen LogP) is 13.2. The van der Waals surface area contributed by atoms with Gasteiger partial charge in [-0.1, -0.05) is 194 Å². The van der Waals surface area contributed by atoms with Gasteiger partial charge in [0.2, 0.25) is 5.91 Å². The summed E-state index contributed by atoms with van der Waals surface area (Å²) in [5.41, 5.74) is 0. The Morgan fingerprint density at radius 1 is 0.449 bits per heavy atom. The van der Waals surface area contributed by atoms with Crippen molar-refractivity contribution in [2.45, 2.75) is 251 Å². The van der Waals surface area contributed by atoms with Crippen LogP contribution in [0.15, 0.2) is 0 Å². The van der Waals surface area contributed by atoms with Crippen LogP contribution in [-0.4, -0.2) is 35.6 Å². The molecule has 0 aliphatic heterocycles. The molecule has 0 bridgehead atoms. The molecule has 0 aliphatic rings. The largest absolute Gasteiger partial charge is 0.480 e. The Kier molecular flexibility index (Phi) is 37.9. The van der Waals surface area contributed by atoms with Crippen molar-refractivity contribution in [3.8, 4) is 0 Å². The fourth-order valence-corrected chi connectivity index (χ4v) is 6.81. The fourth-order valence-electron chi connectivity index (χ4n) is 6.81. The third-order valence-electron chi connectivity index (χ3n) is 10.0. The van der Waals surface area contributed by atoms with Crippen molar-refractivity contribution in [3.63, 3.8) is 0 Å². The SMILES string of the molecule is CCCCCCCCCCCCCCCCCCCCCCCCC(=O)OC(CCCCCCCC)CCCCCCC(=O)NCC(=O)O. The normalized spacial score (nSPS) is 11.9. The molecule has 0 aliphatic carbocycles. The summed E-state index contributed by atoms with van der Waals surface area (Å²) in [6.07, 6.45) is 43.9. The van der Waals surface area contributed by atoms with Gasteiger partial charge in [-0.3, -0.25) is 14.4 Å². The van der Waals surface area contributed by atoms with Gasteiger partial charge in [-0.05, 0) is 38.5 Å². The van der Waals surface area contributed by atoms with Crippen LogP contribution in [0.4, 0.5) is 0 Å². The topological polar surface area (TPSA) is 92.7 Å². The number of ether oxygens (including phenoxy) is 1. The molecule has 49 heavy (non-hydrogen) atoms. The van der Waals surface area contributed by atoms with Gasteiger partial charge in [0.05, 0.1) is 0 Å². The quantitative estimate of drug-likeness (QED) is 0.0492. The second kappa shape index (κ2) is 39.2. The first-order valence-corrected chi connectivity index (χ1v) is 21.7. The third kappa shape index (κ3) is 39.1. The molecule has 290 valence electrons. The van der Waals surface area contributed by atoms with E-state index in [1.54, 1.807) is 0 Å². The van der Waals surface area contributed by atoms with Gasteiger partial charge >= 0.3 is 11.9 Å². The Labute approximate surface area is 304 Å². The molecule has 0 rings (SSSR count). The molecule has 0 spiro atoms. The van der Waals surface area contributed by atoms with Gasteiger partial charge in [-0.25, -0.2) is 0 Å². The van der Waals surface area contributed by atoms with Crippen LogP contribution in [0.2, 0.25) is 0 Å². The van der Waals surface area contributed by atoms with Crippen LogP contribution < -0.4 is 5.32 Å². The first kappa shape index (κ1) is 47.4. The number of amides is 1. The monoisotopic (exact) mass is 694 g/mol. The van der Waals surface area contributed by atoms with Crippen molar-refractivity contribution in [1.82, 2.24) is 5.32 Å². The van der Waals surface area contributed by atoms with E-state index in [-0.39, 0.29) is 24.5 Å². The number of aliphatic carboxylic acids is 1. The van der Waals surface area contributed by atoms with E-state index in [1.165, 1.54) is 161 Å². The zero-order chi connectivity index (χ0) is 35.9. The average molecular weight is 694 g/mol. The lowest BCUT2D eigenvalue weighted by Crippen LogP contribution is -2.28. The van der Waals surface area contributed by atoms with E-state index in [2.05, 4.69) is 19.2 Å². The standard InChI is InChI=1S/C43H83NO5/c1-3-5-7-9-11-12-13-14-15-16-17-18-19-20-21-22-23-24-25-26-28-34-38-43(48)49-40(35-31-27-10-8-6-4-2)36-32-29-30-33-37-41(45)44-39-42(46)47/h40H,3-39H2,1-2H3,(H,44,45)(H,46,47). The van der Waals surface area contributed by atoms with Crippen molar-refractivity contribution >= 4 is 17.8 Å². The highest BCUT2D eigenvalue weighted by atomic mass is 16.5. The third-order valence-corrected chi connectivity index (χ3v) is 10.0. The molecular weight excluding hydrogens is 610 g/mol. The highest BCUT2D eigenvalue weighted by molar-refractivity contribution is 5.80. The van der Waals surface area contributed by atoms with Crippen LogP contribution in [0.3, 0.4) is 0 Å². The summed E-state index contributed by atoms with van der Waals surface area (Å²) in [6, 6.07) is 0. The van der Waals surface area contributed by atoms with Crippen LogP contribution in [0.1, 0.15) is 245 Å². The van der Waals surface area contributed by atoms with Crippen LogP contribution in [0, 0.1) is 0 Å². The zero-order valence-corrected chi connectivity index (χ0v) is 32.8. The fraction of sp³-hybridized carbons (Fsp3) is 0.930. The molecule has 0 fully saturated rings. The highest BCUT2D eigenvalue weighted by Crippen LogP contribution is 2.19. The van der Waals surface area contributed by atoms with E-state index in [1.807, 2.05) is 0 Å². The van der Waals surface area contributed by atoms with E-state index >= 15 is 0 Å². The Morgan fingerprint density at radius 2 is 0.755 bits per heavy atom. The minimum atomic E-state index is -1.02. The van der Waals surface area contributed by atoms with Gasteiger partial charge in [0, 0.05) is 12.8 Å². The van der Waals surface area contributed by atoms with Gasteiger partial charge in [0.1, 0.15) is 12.6 Å². The van der Waals surface area contributed by atoms with Gasteiger partial charge in [-0.15, -0.1) is 0 Å². The molecule has 1 amide bonds. The number of hydrogen-bond donors (Lipinski definition) is 2. The lowest BCUT2D eigenvalue weighted by molar-refractivity contribution is -0.150. The number of carboxylic acids is 1. The molecule has 0 saturated heterocycles. The number of hydrogen-bond acceptors (Lipinski definition) is 4. The first-order chi connectivity index (χ1) is 24.0. The summed E-state index contributed by atoms with van der Waals surface area (Å²) >= 11 is 0. The smallest absolute Gasteiger partial charge is 0.322 e. The minimum Gasteiger partial charge on any atom is -0.480 e. The molecule has 0 saturated carbocycles. The van der Waals surface area contributed by atoms with Crippen molar-refractivity contribution in [2.24, 2.45) is 0 Å². The minimum absolute atomic E-state index is 0.0113. The van der Waals surface area contributed by atoms with Gasteiger partial charge in [0.15, 0.2) is 0 Å². The summed E-state index contributed by atoms with van der Waals surface area (Å²) < 4.78 is 5.97. The molecule has 0 radical (unpaired) electrons. The second-order valence-corrected chi connectivity index (χ2v) is 15.0. The molecule has 0 aromatic rings. The van der Waals surface area contributed by atoms with Crippen LogP contribution in [0.5, 0.6) is 0 Å². The molecule has 6 heteroatoms. The maximum Gasteiger partial charge on any atom is 0.322 e. The van der Waals surface area contributed by atoms with Crippen LogP contribution in [-0.2, 0) is 19.1 Å². The number of carbonyl (C=O) groups is 3. The predicted molar refractivity (Wildman–Crippen MR) is 208 cm³/mol. The maximum absolute atomic E-state index is 12.6. The Bertz CT molecular complexity index is 727. The van der Waals surface area contributed by atoms with Crippen LogP contribution in [0.25, 0.3) is 0 Å². The van der Waals surface area contributed by atoms with Gasteiger partial charge in [-0.2, -0.15) is 0 Å². The van der Waals surface area contributed by atoms with Gasteiger partial charge < -0.3 is 15.2 Å². The summed E-state index contributed by atoms with van der Waals surface area (Å²) in [6.45, 7) is 4.21. The number of nitrogens with one attached hydrogen (secondary N) is 1. The summed E-state index contributed by atoms with van der Waals surface area (Å²) in [7, 11) is 0. The van der Waals surface area contributed by atoms with Gasteiger partial charge in [0.25, 0.3) is 0 Å². The average Bonchev–Trinajstić information content (AvgIpc) is 3.08. The number of rotatable bonds is 40. The van der Waals surface area contributed by atoms with Crippen molar-refractivity contribution < 1.29 is 24.2 Å². The number of carbonyl (C=O) groups excluding carboxylic acids is 2. The zero-order valence-electron chi connectivity index (χ0n) is 32.8. The van der Waals surface area contributed by atoms with Crippen LogP contribution >= 0.6 is 0 Å². The maximum atomic E-state index is 12.6. The second-order valence-electron chi connectivity index (χ2n) is 15.0. The van der Waals surface area contributed by atoms with E-state index in [9.17, 15) is 14.4 Å². The summed E-state index contributed by atoms with van der Waals surface area (Å²) in [5.74, 6) is -1.25. The number of esters is 1. The molecule has 6 nitrogen and oxygen atoms in total.